The lowest BCUT2D eigenvalue weighted by Crippen LogP contribution is -2.21. The van der Waals surface area contributed by atoms with Gasteiger partial charge in [-0.2, -0.15) is 13.2 Å². The molecule has 0 atom stereocenters. The smallest absolute Gasteiger partial charge is 0.510 e. The maximum Gasteiger partial charge on any atom is 0.707 e. The molecule has 0 saturated carbocycles. The molecule has 0 bridgehead atoms. The first-order valence-corrected chi connectivity index (χ1v) is 3.70. The van der Waals surface area contributed by atoms with E-state index >= 15 is 0 Å². The van der Waals surface area contributed by atoms with Gasteiger partial charge in [0.25, 0.3) is 0 Å². The molecule has 0 aliphatic heterocycles. The van der Waals surface area contributed by atoms with Gasteiger partial charge >= 0.3 is 13.5 Å². The summed E-state index contributed by atoms with van der Waals surface area (Å²) < 4.78 is 53.2. The van der Waals surface area contributed by atoms with Crippen molar-refractivity contribution < 1.29 is 32.3 Å². The van der Waals surface area contributed by atoms with Crippen LogP contribution >= 0.6 is 0 Å². The zero-order chi connectivity index (χ0) is 11.6. The molecule has 2 N–H and O–H groups in total. The van der Waals surface area contributed by atoms with Gasteiger partial charge in [0, 0.05) is 0 Å². The van der Waals surface area contributed by atoms with Crippen LogP contribution in [0.4, 0.5) is 17.6 Å². The Morgan fingerprint density at radius 1 is 1.20 bits per heavy atom. The summed E-state index contributed by atoms with van der Waals surface area (Å²) in [6.45, 7) is 0. The quantitative estimate of drug-likeness (QED) is 0.585. The zero-order valence-corrected chi connectivity index (χ0v) is 7.12. The molecule has 0 radical (unpaired) electrons. The Kier molecular flexibility index (Phi) is 3.20. The first kappa shape index (κ1) is 11.8. The Balaban J connectivity index is 3.06. The minimum Gasteiger partial charge on any atom is -0.510 e. The molecule has 0 unspecified atom stereocenters. The van der Waals surface area contributed by atoms with E-state index in [1.54, 1.807) is 0 Å². The third-order valence-electron chi connectivity index (χ3n) is 1.49. The van der Waals surface area contributed by atoms with Crippen LogP contribution in [0, 0.1) is 5.82 Å². The van der Waals surface area contributed by atoms with Crippen molar-refractivity contribution in [1.29, 1.82) is 0 Å². The van der Waals surface area contributed by atoms with Gasteiger partial charge in [-0.3, -0.25) is 0 Å². The second-order valence-corrected chi connectivity index (χ2v) is 2.59. The molecule has 0 aliphatic carbocycles. The van der Waals surface area contributed by atoms with Crippen molar-refractivity contribution >= 4 is 7.32 Å². The number of benzene rings is 1. The lowest BCUT2D eigenvalue weighted by molar-refractivity contribution is -0.137. The van der Waals surface area contributed by atoms with E-state index in [2.05, 4.69) is 4.65 Å². The van der Waals surface area contributed by atoms with Gasteiger partial charge < -0.3 is 14.7 Å². The lowest BCUT2D eigenvalue weighted by Gasteiger charge is -2.10. The van der Waals surface area contributed by atoms with Crippen LogP contribution < -0.4 is 4.65 Å². The van der Waals surface area contributed by atoms with E-state index in [0.29, 0.717) is 18.2 Å². The van der Waals surface area contributed by atoms with Crippen LogP contribution in [0.2, 0.25) is 0 Å². The number of alkyl halides is 3. The molecule has 1 aromatic rings. The van der Waals surface area contributed by atoms with Crippen molar-refractivity contribution in [2.24, 2.45) is 0 Å². The second kappa shape index (κ2) is 4.07. The monoisotopic (exact) mass is 224 g/mol. The summed E-state index contributed by atoms with van der Waals surface area (Å²) >= 11 is 0. The molecule has 0 spiro atoms. The molecule has 0 amide bonds. The van der Waals surface area contributed by atoms with Gasteiger partial charge in [-0.15, -0.1) is 0 Å². The van der Waals surface area contributed by atoms with Gasteiger partial charge in [0.05, 0.1) is 5.56 Å². The summed E-state index contributed by atoms with van der Waals surface area (Å²) in [6, 6.07) is 1.39. The van der Waals surface area contributed by atoms with Crippen molar-refractivity contribution in [2.45, 2.75) is 6.18 Å². The van der Waals surface area contributed by atoms with Crippen LogP contribution in [0.3, 0.4) is 0 Å². The minimum atomic E-state index is -4.65. The summed E-state index contributed by atoms with van der Waals surface area (Å²) in [7, 11) is -2.37. The Morgan fingerprint density at radius 2 is 1.80 bits per heavy atom. The Morgan fingerprint density at radius 3 is 2.27 bits per heavy atom. The molecule has 0 aromatic heterocycles. The van der Waals surface area contributed by atoms with Gasteiger partial charge in [-0.25, -0.2) is 4.39 Å². The molecular weight excluding hydrogens is 219 g/mol. The summed E-state index contributed by atoms with van der Waals surface area (Å²) in [5.41, 5.74) is -1.14. The molecular formula is C7H5BF4O3. The highest BCUT2D eigenvalue weighted by molar-refractivity contribution is 6.33. The number of rotatable bonds is 2. The fourth-order valence-corrected chi connectivity index (χ4v) is 0.884. The molecule has 3 nitrogen and oxygen atoms in total. The average molecular weight is 224 g/mol. The third-order valence-corrected chi connectivity index (χ3v) is 1.49. The van der Waals surface area contributed by atoms with E-state index in [9.17, 15) is 17.6 Å². The van der Waals surface area contributed by atoms with Gasteiger partial charge in [-0.1, -0.05) is 0 Å². The third kappa shape index (κ3) is 3.10. The standard InChI is InChI=1S/C7H5BF4O3/c9-5-2-1-4(7(10,11)12)3-6(5)15-8(13)14/h1-3,13-14H. The van der Waals surface area contributed by atoms with Crippen LogP contribution in [0.1, 0.15) is 5.56 Å². The summed E-state index contributed by atoms with van der Waals surface area (Å²) in [6.07, 6.45) is -4.65. The molecule has 0 heterocycles. The normalized spacial score (nSPS) is 11.3. The molecule has 0 fully saturated rings. The van der Waals surface area contributed by atoms with Crippen molar-refractivity contribution in [3.63, 3.8) is 0 Å². The summed E-state index contributed by atoms with van der Waals surface area (Å²) in [4.78, 5) is 0. The molecule has 8 heteroatoms. The summed E-state index contributed by atoms with van der Waals surface area (Å²) in [5, 5.41) is 16.6. The van der Waals surface area contributed by atoms with E-state index < -0.39 is 30.6 Å². The highest BCUT2D eigenvalue weighted by Gasteiger charge is 2.31. The van der Waals surface area contributed by atoms with Crippen LogP contribution in [0.25, 0.3) is 0 Å². The maximum atomic E-state index is 12.8. The molecule has 1 rings (SSSR count). The number of halogens is 4. The van der Waals surface area contributed by atoms with Crippen molar-refractivity contribution in [3.05, 3.63) is 29.6 Å². The van der Waals surface area contributed by atoms with Gasteiger partial charge in [0.1, 0.15) is 5.75 Å². The minimum absolute atomic E-state index is 0.342. The van der Waals surface area contributed by atoms with E-state index in [0.717, 1.165) is 0 Å². The molecule has 0 saturated heterocycles. The van der Waals surface area contributed by atoms with Crippen molar-refractivity contribution in [2.75, 3.05) is 0 Å². The Hall–Kier alpha value is -1.28. The average Bonchev–Trinajstić information content (AvgIpc) is 2.06. The molecule has 15 heavy (non-hydrogen) atoms. The van der Waals surface area contributed by atoms with Crippen LogP contribution in [0.5, 0.6) is 5.75 Å². The number of hydrogen-bond acceptors (Lipinski definition) is 3. The van der Waals surface area contributed by atoms with Gasteiger partial charge in [-0.05, 0) is 18.2 Å². The van der Waals surface area contributed by atoms with Crippen LogP contribution in [-0.2, 0) is 6.18 Å². The van der Waals surface area contributed by atoms with Crippen LogP contribution in [0.15, 0.2) is 18.2 Å². The first-order chi connectivity index (χ1) is 6.80. The SMILES string of the molecule is OB(O)Oc1cc(C(F)(F)F)ccc1F. The van der Waals surface area contributed by atoms with Crippen LogP contribution in [-0.4, -0.2) is 17.4 Å². The van der Waals surface area contributed by atoms with Crippen molar-refractivity contribution in [3.8, 4) is 5.75 Å². The highest BCUT2D eigenvalue weighted by atomic mass is 19.4. The predicted octanol–water partition coefficient (Wildman–Crippen LogP) is 1.19. The highest BCUT2D eigenvalue weighted by Crippen LogP contribution is 2.32. The maximum absolute atomic E-state index is 12.8. The first-order valence-electron chi connectivity index (χ1n) is 3.70. The predicted molar refractivity (Wildman–Crippen MR) is 42.2 cm³/mol. The molecule has 82 valence electrons. The fraction of sp³-hybridized carbons (Fsp3) is 0.143. The zero-order valence-electron chi connectivity index (χ0n) is 7.12. The largest absolute Gasteiger partial charge is 0.707 e. The fourth-order valence-electron chi connectivity index (χ4n) is 0.884. The summed E-state index contributed by atoms with van der Waals surface area (Å²) in [5.74, 6) is -1.99. The van der Waals surface area contributed by atoms with Gasteiger partial charge in [0.15, 0.2) is 5.82 Å². The van der Waals surface area contributed by atoms with E-state index in [1.807, 2.05) is 0 Å². The Bertz CT molecular complexity index is 353. The van der Waals surface area contributed by atoms with E-state index in [-0.39, 0.29) is 0 Å². The topological polar surface area (TPSA) is 49.7 Å². The lowest BCUT2D eigenvalue weighted by atomic mass is 10.2. The van der Waals surface area contributed by atoms with Gasteiger partial charge in [0.2, 0.25) is 0 Å². The number of hydrogen-bond donors (Lipinski definition) is 2. The van der Waals surface area contributed by atoms with E-state index in [1.165, 1.54) is 0 Å². The molecule has 0 aliphatic rings. The van der Waals surface area contributed by atoms with E-state index in [4.69, 9.17) is 10.0 Å². The molecule has 1 aromatic carbocycles. The van der Waals surface area contributed by atoms with Crippen molar-refractivity contribution in [1.82, 2.24) is 0 Å². The Labute approximate surface area is 82.1 Å². The second-order valence-electron chi connectivity index (χ2n) is 2.59.